The van der Waals surface area contributed by atoms with Crippen LogP contribution in [0.25, 0.3) is 5.65 Å². The number of halogens is 3. The number of rotatable bonds is 4. The minimum atomic E-state index is -4.61. The summed E-state index contributed by atoms with van der Waals surface area (Å²) in [5, 5.41) is 6.45. The predicted molar refractivity (Wildman–Crippen MR) is 96.2 cm³/mol. The lowest BCUT2D eigenvalue weighted by Crippen LogP contribution is -2.42. The van der Waals surface area contributed by atoms with Gasteiger partial charge in [0.25, 0.3) is 5.91 Å². The van der Waals surface area contributed by atoms with Crippen LogP contribution in [0.3, 0.4) is 0 Å². The second-order valence-electron chi connectivity index (χ2n) is 7.21. The second-order valence-corrected chi connectivity index (χ2v) is 7.21. The molecule has 1 unspecified atom stereocenters. The van der Waals surface area contributed by atoms with Gasteiger partial charge in [0.15, 0.2) is 5.65 Å². The first-order valence-corrected chi connectivity index (χ1v) is 9.53. The Kier molecular flexibility index (Phi) is 4.86. The van der Waals surface area contributed by atoms with Crippen molar-refractivity contribution in [1.29, 1.82) is 0 Å². The number of carbonyl (C=O) groups is 3. The molecule has 0 saturated carbocycles. The van der Waals surface area contributed by atoms with Gasteiger partial charge in [0.05, 0.1) is 18.3 Å². The number of aryl methyl sites for hydroxylation is 1. The van der Waals surface area contributed by atoms with Crippen molar-refractivity contribution in [3.05, 3.63) is 29.2 Å². The van der Waals surface area contributed by atoms with Crippen LogP contribution in [-0.2, 0) is 22.2 Å². The summed E-state index contributed by atoms with van der Waals surface area (Å²) in [4.78, 5) is 42.7. The molecular weight excluding hydrogens is 405 g/mol. The monoisotopic (exact) mass is 424 g/mol. The molecule has 1 N–H and O–H groups in total. The lowest BCUT2D eigenvalue weighted by atomic mass is 10.1. The Balaban J connectivity index is 1.65. The van der Waals surface area contributed by atoms with Gasteiger partial charge in [-0.15, -0.1) is 0 Å². The maximum Gasteiger partial charge on any atom is 0.433 e. The van der Waals surface area contributed by atoms with Crippen LogP contribution in [0.1, 0.15) is 42.9 Å². The SMILES string of the molecule is CCc1cc(C(F)(F)F)n2nc(C3CCCN3C(=O)CN3C(=O)CNC3=O)cc2n1. The van der Waals surface area contributed by atoms with Crippen molar-refractivity contribution in [2.75, 3.05) is 19.6 Å². The summed E-state index contributed by atoms with van der Waals surface area (Å²) in [5.41, 5.74) is -0.278. The number of carbonyl (C=O) groups excluding carboxylic acids is 3. The normalized spacial score (nSPS) is 19.8. The molecular formula is C18H19F3N6O3. The Labute approximate surface area is 168 Å². The Morgan fingerprint density at radius 2 is 2.07 bits per heavy atom. The number of amides is 4. The Hall–Kier alpha value is -3.18. The third-order valence-electron chi connectivity index (χ3n) is 5.30. The van der Waals surface area contributed by atoms with Crippen LogP contribution in [0.15, 0.2) is 12.1 Å². The smallest absolute Gasteiger partial charge is 0.332 e. The van der Waals surface area contributed by atoms with E-state index in [1.807, 2.05) is 0 Å². The van der Waals surface area contributed by atoms with Gasteiger partial charge in [-0.2, -0.15) is 18.3 Å². The van der Waals surface area contributed by atoms with E-state index in [0.717, 1.165) is 15.5 Å². The molecule has 1 atom stereocenters. The molecule has 4 heterocycles. The maximum absolute atomic E-state index is 13.5. The van der Waals surface area contributed by atoms with Crippen molar-refractivity contribution >= 4 is 23.5 Å². The van der Waals surface area contributed by atoms with Crippen LogP contribution in [0.4, 0.5) is 18.0 Å². The van der Waals surface area contributed by atoms with Gasteiger partial charge in [0.2, 0.25) is 5.91 Å². The Morgan fingerprint density at radius 3 is 2.70 bits per heavy atom. The van der Waals surface area contributed by atoms with Crippen molar-refractivity contribution in [1.82, 2.24) is 29.7 Å². The summed E-state index contributed by atoms with van der Waals surface area (Å²) < 4.78 is 41.3. The number of nitrogens with zero attached hydrogens (tertiary/aromatic N) is 5. The molecule has 2 aromatic rings. The fourth-order valence-electron chi connectivity index (χ4n) is 3.80. The molecule has 9 nitrogen and oxygen atoms in total. The maximum atomic E-state index is 13.5. The molecule has 160 valence electrons. The van der Waals surface area contributed by atoms with Gasteiger partial charge < -0.3 is 10.2 Å². The van der Waals surface area contributed by atoms with E-state index in [1.54, 1.807) is 6.92 Å². The van der Waals surface area contributed by atoms with E-state index in [9.17, 15) is 27.6 Å². The fourth-order valence-corrected chi connectivity index (χ4v) is 3.80. The molecule has 0 radical (unpaired) electrons. The highest BCUT2D eigenvalue weighted by Crippen LogP contribution is 2.34. The zero-order valence-electron chi connectivity index (χ0n) is 16.1. The van der Waals surface area contributed by atoms with Gasteiger partial charge in [-0.3, -0.25) is 14.5 Å². The predicted octanol–water partition coefficient (Wildman–Crippen LogP) is 1.53. The summed E-state index contributed by atoms with van der Waals surface area (Å²) in [6.45, 7) is 1.50. The molecule has 12 heteroatoms. The average Bonchev–Trinajstić information content (AvgIpc) is 3.40. The minimum absolute atomic E-state index is 0.0603. The van der Waals surface area contributed by atoms with E-state index < -0.39 is 42.3 Å². The molecule has 2 aliphatic rings. The highest BCUT2D eigenvalue weighted by molar-refractivity contribution is 6.04. The zero-order valence-corrected chi connectivity index (χ0v) is 16.1. The quantitative estimate of drug-likeness (QED) is 0.751. The van der Waals surface area contributed by atoms with Crippen LogP contribution >= 0.6 is 0 Å². The van der Waals surface area contributed by atoms with Gasteiger partial charge in [0, 0.05) is 18.3 Å². The number of likely N-dealkylation sites (tertiary alicyclic amines) is 1. The summed E-state index contributed by atoms with van der Waals surface area (Å²) in [6.07, 6.45) is -3.13. The summed E-state index contributed by atoms with van der Waals surface area (Å²) in [7, 11) is 0. The van der Waals surface area contributed by atoms with Crippen molar-refractivity contribution in [3.8, 4) is 0 Å². The van der Waals surface area contributed by atoms with Gasteiger partial charge in [0.1, 0.15) is 12.2 Å². The average molecular weight is 424 g/mol. The molecule has 0 aliphatic carbocycles. The third-order valence-corrected chi connectivity index (χ3v) is 5.30. The Bertz CT molecular complexity index is 1020. The van der Waals surface area contributed by atoms with Crippen LogP contribution in [-0.4, -0.2) is 61.9 Å². The van der Waals surface area contributed by atoms with Crippen molar-refractivity contribution in [2.24, 2.45) is 0 Å². The van der Waals surface area contributed by atoms with E-state index in [1.165, 1.54) is 11.0 Å². The highest BCUT2D eigenvalue weighted by atomic mass is 19.4. The Morgan fingerprint density at radius 1 is 1.30 bits per heavy atom. The molecule has 0 spiro atoms. The van der Waals surface area contributed by atoms with Crippen molar-refractivity contribution in [2.45, 2.75) is 38.4 Å². The van der Waals surface area contributed by atoms with Crippen LogP contribution in [0.2, 0.25) is 0 Å². The number of aromatic nitrogens is 3. The van der Waals surface area contributed by atoms with E-state index in [4.69, 9.17) is 0 Å². The fraction of sp³-hybridized carbons (Fsp3) is 0.500. The summed E-state index contributed by atoms with van der Waals surface area (Å²) in [6, 6.07) is 1.24. The number of urea groups is 1. The van der Waals surface area contributed by atoms with Crippen LogP contribution < -0.4 is 5.32 Å². The number of imide groups is 1. The standard InChI is InChI=1S/C18H19F3N6O3/c1-2-10-6-13(18(19,20)21)27-14(23-10)7-11(24-27)12-4-3-5-25(12)16(29)9-26-15(28)8-22-17(26)30/h6-7,12H,2-5,8-9H2,1H3,(H,22,30). The van der Waals surface area contributed by atoms with Gasteiger partial charge >= 0.3 is 12.2 Å². The summed E-state index contributed by atoms with van der Waals surface area (Å²) >= 11 is 0. The molecule has 4 amide bonds. The topological polar surface area (TPSA) is 99.9 Å². The van der Waals surface area contributed by atoms with Gasteiger partial charge in [-0.25, -0.2) is 14.3 Å². The van der Waals surface area contributed by atoms with E-state index in [-0.39, 0.29) is 12.2 Å². The molecule has 2 aromatic heterocycles. The first-order chi connectivity index (χ1) is 14.2. The number of fused-ring (bicyclic) bond motifs is 1. The lowest BCUT2D eigenvalue weighted by molar-refractivity contribution is -0.142. The molecule has 2 aliphatic heterocycles. The van der Waals surface area contributed by atoms with Crippen LogP contribution in [0, 0.1) is 0 Å². The number of hydrogen-bond acceptors (Lipinski definition) is 5. The zero-order chi connectivity index (χ0) is 21.6. The summed E-state index contributed by atoms with van der Waals surface area (Å²) in [5.74, 6) is -0.957. The molecule has 4 rings (SSSR count). The second kappa shape index (κ2) is 7.26. The molecule has 0 bridgehead atoms. The van der Waals surface area contributed by atoms with E-state index >= 15 is 0 Å². The largest absolute Gasteiger partial charge is 0.433 e. The molecule has 30 heavy (non-hydrogen) atoms. The number of alkyl halides is 3. The van der Waals surface area contributed by atoms with Gasteiger partial charge in [-0.05, 0) is 25.3 Å². The lowest BCUT2D eigenvalue weighted by Gasteiger charge is -2.25. The first kappa shape index (κ1) is 20.1. The molecule has 2 saturated heterocycles. The number of hydrogen-bond donors (Lipinski definition) is 1. The minimum Gasteiger partial charge on any atom is -0.332 e. The van der Waals surface area contributed by atoms with E-state index in [0.29, 0.717) is 37.2 Å². The van der Waals surface area contributed by atoms with Crippen LogP contribution in [0.5, 0.6) is 0 Å². The molecule has 0 aromatic carbocycles. The van der Waals surface area contributed by atoms with E-state index in [2.05, 4.69) is 15.4 Å². The third kappa shape index (κ3) is 3.46. The molecule has 2 fully saturated rings. The first-order valence-electron chi connectivity index (χ1n) is 9.53. The van der Waals surface area contributed by atoms with Crippen molar-refractivity contribution in [3.63, 3.8) is 0 Å². The highest BCUT2D eigenvalue weighted by Gasteiger charge is 2.38. The van der Waals surface area contributed by atoms with Gasteiger partial charge in [-0.1, -0.05) is 6.92 Å². The van der Waals surface area contributed by atoms with Crippen molar-refractivity contribution < 1.29 is 27.6 Å². The number of nitrogens with one attached hydrogen (secondary N) is 1.